The van der Waals surface area contributed by atoms with Gasteiger partial charge in [-0.1, -0.05) is 30.8 Å². The third-order valence-electron chi connectivity index (χ3n) is 6.26. The number of carbonyl (C=O) groups excluding carboxylic acids is 1. The van der Waals surface area contributed by atoms with Gasteiger partial charge in [0.05, 0.1) is 11.1 Å². The minimum atomic E-state index is -0.722. The van der Waals surface area contributed by atoms with E-state index in [2.05, 4.69) is 27.0 Å². The number of nitrogen functional groups attached to an aromatic ring is 1. The first-order chi connectivity index (χ1) is 16.9. The van der Waals surface area contributed by atoms with Crippen LogP contribution in [0.1, 0.15) is 24.1 Å². The van der Waals surface area contributed by atoms with Crippen LogP contribution in [0.4, 0.5) is 5.95 Å². The summed E-state index contributed by atoms with van der Waals surface area (Å²) in [5.74, 6) is 0.115. The molecule has 1 aliphatic heterocycles. The van der Waals surface area contributed by atoms with Crippen LogP contribution in [0.3, 0.4) is 0 Å². The Kier molecular flexibility index (Phi) is 7.07. The van der Waals surface area contributed by atoms with Crippen molar-refractivity contribution < 1.29 is 9.53 Å². The zero-order valence-corrected chi connectivity index (χ0v) is 19.6. The van der Waals surface area contributed by atoms with Gasteiger partial charge in [-0.2, -0.15) is 5.10 Å². The van der Waals surface area contributed by atoms with E-state index in [1.165, 1.54) is 6.20 Å². The molecule has 1 aliphatic rings. The van der Waals surface area contributed by atoms with Gasteiger partial charge in [-0.25, -0.2) is 9.97 Å². The van der Waals surface area contributed by atoms with Gasteiger partial charge >= 0.3 is 0 Å². The predicted octanol–water partition coefficient (Wildman–Crippen LogP) is 2.69. The number of aromatic nitrogens is 4. The van der Waals surface area contributed by atoms with Gasteiger partial charge < -0.3 is 21.5 Å². The Bertz CT molecular complexity index is 1250. The summed E-state index contributed by atoms with van der Waals surface area (Å²) < 4.78 is 7.30. The van der Waals surface area contributed by atoms with E-state index in [1.54, 1.807) is 35.4 Å². The van der Waals surface area contributed by atoms with Gasteiger partial charge in [-0.05, 0) is 42.2 Å². The van der Waals surface area contributed by atoms with E-state index in [-0.39, 0.29) is 11.9 Å². The van der Waals surface area contributed by atoms with Gasteiger partial charge in [0.15, 0.2) is 0 Å². The minimum absolute atomic E-state index is 0.113. The van der Waals surface area contributed by atoms with Crippen molar-refractivity contribution in [2.24, 2.45) is 12.8 Å². The van der Waals surface area contributed by atoms with Crippen LogP contribution in [0, 0.1) is 0 Å². The van der Waals surface area contributed by atoms with Gasteiger partial charge in [0.2, 0.25) is 11.9 Å². The molecule has 1 aromatic carbocycles. The Balaban J connectivity index is 1.52. The molecule has 5 N–H and O–H groups in total. The first kappa shape index (κ1) is 23.9. The smallest absolute Gasteiger partial charge is 0.235 e. The average Bonchev–Trinajstić information content (AvgIpc) is 3.31. The van der Waals surface area contributed by atoms with E-state index >= 15 is 0 Å². The lowest BCUT2D eigenvalue weighted by atomic mass is 9.73. The van der Waals surface area contributed by atoms with Crippen molar-refractivity contribution in [2.75, 3.05) is 18.9 Å². The number of allylic oxidation sites excluding steroid dienone is 3. The second-order valence-electron chi connectivity index (χ2n) is 8.38. The summed E-state index contributed by atoms with van der Waals surface area (Å²) in [6, 6.07) is 9.76. The minimum Gasteiger partial charge on any atom is -0.404 e. The number of hydrogen-bond donors (Lipinski definition) is 3. The molecule has 0 bridgehead atoms. The van der Waals surface area contributed by atoms with Crippen LogP contribution in [0.25, 0.3) is 16.7 Å². The predicted molar refractivity (Wildman–Crippen MR) is 135 cm³/mol. The molecule has 35 heavy (non-hydrogen) atoms. The molecule has 1 saturated heterocycles. The SMILES string of the molecule is C=C(/C=C\C(=C/N)c1ccnn1C)NC(=O)C1(c2ccc(-c3cnc(N)nc3)cc2)CCOCC1. The van der Waals surface area contributed by atoms with Gasteiger partial charge in [-0.3, -0.25) is 9.48 Å². The van der Waals surface area contributed by atoms with Crippen molar-refractivity contribution >= 4 is 17.4 Å². The number of aryl methyl sites for hydroxylation is 1. The molecule has 3 heterocycles. The topological polar surface area (TPSA) is 134 Å². The molecule has 0 spiro atoms. The molecule has 180 valence electrons. The van der Waals surface area contributed by atoms with Crippen LogP contribution in [0.5, 0.6) is 0 Å². The van der Waals surface area contributed by atoms with E-state index in [4.69, 9.17) is 16.2 Å². The van der Waals surface area contributed by atoms with Crippen molar-refractivity contribution in [3.8, 4) is 11.1 Å². The number of carbonyl (C=O) groups is 1. The van der Waals surface area contributed by atoms with E-state index < -0.39 is 5.41 Å². The summed E-state index contributed by atoms with van der Waals surface area (Å²) in [6.45, 7) is 5.03. The van der Waals surface area contributed by atoms with Crippen molar-refractivity contribution in [1.29, 1.82) is 0 Å². The second kappa shape index (κ2) is 10.4. The highest BCUT2D eigenvalue weighted by Gasteiger charge is 2.41. The maximum atomic E-state index is 13.6. The Morgan fingerprint density at radius 3 is 2.40 bits per heavy atom. The number of nitrogens with two attached hydrogens (primary N) is 2. The lowest BCUT2D eigenvalue weighted by molar-refractivity contribution is -0.129. The number of benzene rings is 1. The highest BCUT2D eigenvalue weighted by Crippen LogP contribution is 2.36. The van der Waals surface area contributed by atoms with Gasteiger partial charge in [0.1, 0.15) is 0 Å². The molecule has 0 radical (unpaired) electrons. The molecule has 9 heteroatoms. The molecule has 4 rings (SSSR count). The molecular formula is C26H29N7O2. The highest BCUT2D eigenvalue weighted by atomic mass is 16.5. The van der Waals surface area contributed by atoms with Crippen LogP contribution >= 0.6 is 0 Å². The normalized spacial score (nSPS) is 15.7. The largest absolute Gasteiger partial charge is 0.404 e. The van der Waals surface area contributed by atoms with E-state index in [0.717, 1.165) is 28.0 Å². The van der Waals surface area contributed by atoms with Gasteiger partial charge in [0.25, 0.3) is 0 Å². The summed E-state index contributed by atoms with van der Waals surface area (Å²) in [5.41, 5.74) is 15.5. The molecule has 9 nitrogen and oxygen atoms in total. The third kappa shape index (κ3) is 5.15. The number of rotatable bonds is 7. The summed E-state index contributed by atoms with van der Waals surface area (Å²) in [4.78, 5) is 21.7. The second-order valence-corrected chi connectivity index (χ2v) is 8.38. The summed E-state index contributed by atoms with van der Waals surface area (Å²) in [6.07, 6.45) is 11.2. The zero-order chi connectivity index (χ0) is 24.8. The molecule has 0 saturated carbocycles. The quantitative estimate of drug-likeness (QED) is 0.451. The molecule has 0 aliphatic carbocycles. The van der Waals surface area contributed by atoms with Crippen molar-refractivity contribution in [3.63, 3.8) is 0 Å². The standard InChI is InChI=1S/C26H29N7O2/c1-18(3-4-20(15-27)23-9-12-31-33(23)2)32-24(34)26(10-13-35-14-11-26)22-7-5-19(6-8-22)21-16-29-25(28)30-17-21/h3-9,12,15-17H,1,10-11,13-14,27H2,2H3,(H,32,34)(H2,28,29,30)/b4-3-,20-15+. The Labute approximate surface area is 204 Å². The lowest BCUT2D eigenvalue weighted by Gasteiger charge is -2.36. The zero-order valence-electron chi connectivity index (χ0n) is 19.6. The third-order valence-corrected chi connectivity index (χ3v) is 6.26. The Hall–Kier alpha value is -4.24. The van der Waals surface area contributed by atoms with Crippen LogP contribution in [0.2, 0.25) is 0 Å². The fraction of sp³-hybridized carbons (Fsp3) is 0.231. The Morgan fingerprint density at radius 1 is 1.11 bits per heavy atom. The summed E-state index contributed by atoms with van der Waals surface area (Å²) in [5, 5.41) is 7.14. The summed E-state index contributed by atoms with van der Waals surface area (Å²) in [7, 11) is 1.84. The van der Waals surface area contributed by atoms with Crippen molar-refractivity contribution in [2.45, 2.75) is 18.3 Å². The number of hydrogen-bond acceptors (Lipinski definition) is 7. The number of anilines is 1. The monoisotopic (exact) mass is 471 g/mol. The maximum absolute atomic E-state index is 13.6. The number of nitrogens with zero attached hydrogens (tertiary/aromatic N) is 4. The molecular weight excluding hydrogens is 442 g/mol. The van der Waals surface area contributed by atoms with Crippen LogP contribution < -0.4 is 16.8 Å². The first-order valence-corrected chi connectivity index (χ1v) is 11.3. The van der Waals surface area contributed by atoms with Crippen LogP contribution in [-0.2, 0) is 22.0 Å². The fourth-order valence-electron chi connectivity index (χ4n) is 4.22. The molecule has 0 atom stereocenters. The maximum Gasteiger partial charge on any atom is 0.235 e. The number of amides is 1. The average molecular weight is 472 g/mol. The molecule has 3 aromatic rings. The van der Waals surface area contributed by atoms with Crippen molar-refractivity contribution in [3.05, 3.63) is 90.8 Å². The number of ether oxygens (including phenoxy) is 1. The lowest BCUT2D eigenvalue weighted by Crippen LogP contribution is -2.47. The molecule has 0 unspecified atom stereocenters. The van der Waals surface area contributed by atoms with Gasteiger partial charge in [0, 0.05) is 61.9 Å². The van der Waals surface area contributed by atoms with Crippen LogP contribution in [-0.4, -0.2) is 38.9 Å². The van der Waals surface area contributed by atoms with Crippen LogP contribution in [0.15, 0.2) is 79.6 Å². The van der Waals surface area contributed by atoms with Crippen molar-refractivity contribution in [1.82, 2.24) is 25.1 Å². The summed E-state index contributed by atoms with van der Waals surface area (Å²) >= 11 is 0. The highest BCUT2D eigenvalue weighted by molar-refractivity contribution is 5.90. The first-order valence-electron chi connectivity index (χ1n) is 11.3. The molecule has 2 aromatic heterocycles. The van der Waals surface area contributed by atoms with E-state index in [9.17, 15) is 4.79 Å². The molecule has 1 fully saturated rings. The van der Waals surface area contributed by atoms with Gasteiger partial charge in [-0.15, -0.1) is 0 Å². The van der Waals surface area contributed by atoms with E-state index in [1.807, 2.05) is 37.4 Å². The Morgan fingerprint density at radius 2 is 1.80 bits per heavy atom. The van der Waals surface area contributed by atoms with E-state index in [0.29, 0.717) is 31.8 Å². The molecule has 1 amide bonds. The fourth-order valence-corrected chi connectivity index (χ4v) is 4.22. The number of nitrogens with one attached hydrogen (secondary N) is 1.